The van der Waals surface area contributed by atoms with Gasteiger partial charge in [-0.1, -0.05) is 53.5 Å². The number of benzene rings is 2. The maximum absolute atomic E-state index is 12.5. The first-order valence-electron chi connectivity index (χ1n) is 7.01. The van der Waals surface area contributed by atoms with Crippen LogP contribution in [0.15, 0.2) is 46.9 Å². The molecule has 2 aromatic rings. The van der Waals surface area contributed by atoms with Crippen LogP contribution in [0, 0.1) is 6.92 Å². The van der Waals surface area contributed by atoms with Crippen LogP contribution in [0.1, 0.15) is 46.8 Å². The van der Waals surface area contributed by atoms with E-state index in [9.17, 15) is 4.79 Å². The molecule has 0 spiro atoms. The van der Waals surface area contributed by atoms with Crippen LogP contribution in [-0.4, -0.2) is 5.78 Å². The minimum atomic E-state index is 0.0945. The van der Waals surface area contributed by atoms with E-state index in [1.807, 2.05) is 37.3 Å². The van der Waals surface area contributed by atoms with Crippen LogP contribution in [0.5, 0.6) is 0 Å². The lowest BCUT2D eigenvalue weighted by Crippen LogP contribution is -2.03. The Morgan fingerprint density at radius 2 is 1.80 bits per heavy atom. The molecule has 0 atom stereocenters. The van der Waals surface area contributed by atoms with Crippen molar-refractivity contribution in [2.45, 2.75) is 33.1 Å². The highest BCUT2D eigenvalue weighted by atomic mass is 79.9. The molecular weight excluding hydrogens is 312 g/mol. The van der Waals surface area contributed by atoms with Crippen LogP contribution in [0.3, 0.4) is 0 Å². The second-order valence-electron chi connectivity index (χ2n) is 5.09. The van der Waals surface area contributed by atoms with Crippen molar-refractivity contribution in [2.24, 2.45) is 0 Å². The topological polar surface area (TPSA) is 17.1 Å². The molecule has 0 heterocycles. The Bertz CT molecular complexity index is 599. The number of aryl methyl sites for hydroxylation is 2. The van der Waals surface area contributed by atoms with Gasteiger partial charge in [0.25, 0.3) is 0 Å². The quantitative estimate of drug-likeness (QED) is 0.677. The molecule has 0 N–H and O–H groups in total. The Kier molecular flexibility index (Phi) is 5.13. The Hall–Kier alpha value is -1.41. The van der Waals surface area contributed by atoms with Crippen LogP contribution >= 0.6 is 15.9 Å². The van der Waals surface area contributed by atoms with Crippen molar-refractivity contribution in [2.75, 3.05) is 0 Å². The molecule has 0 aliphatic heterocycles. The predicted molar refractivity (Wildman–Crippen MR) is 87.4 cm³/mol. The summed E-state index contributed by atoms with van der Waals surface area (Å²) >= 11 is 3.42. The van der Waals surface area contributed by atoms with Crippen molar-refractivity contribution in [1.29, 1.82) is 0 Å². The molecule has 2 aromatic carbocycles. The summed E-state index contributed by atoms with van der Waals surface area (Å²) in [5.74, 6) is 0.0945. The van der Waals surface area contributed by atoms with E-state index in [0.717, 1.165) is 27.6 Å². The van der Waals surface area contributed by atoms with E-state index in [1.165, 1.54) is 18.4 Å². The highest BCUT2D eigenvalue weighted by Gasteiger charge is 2.11. The lowest BCUT2D eigenvalue weighted by molar-refractivity contribution is 0.103. The first kappa shape index (κ1) is 15.0. The zero-order valence-electron chi connectivity index (χ0n) is 11.9. The smallest absolute Gasteiger partial charge is 0.193 e. The number of ketones is 1. The third kappa shape index (κ3) is 3.57. The molecule has 1 nitrogen and oxygen atoms in total. The fourth-order valence-corrected chi connectivity index (χ4v) is 2.72. The Morgan fingerprint density at radius 1 is 1.10 bits per heavy atom. The van der Waals surface area contributed by atoms with E-state index in [2.05, 4.69) is 35.0 Å². The second-order valence-corrected chi connectivity index (χ2v) is 6.00. The van der Waals surface area contributed by atoms with Crippen LogP contribution in [0.2, 0.25) is 0 Å². The lowest BCUT2D eigenvalue weighted by Gasteiger charge is -2.07. The third-order valence-corrected chi connectivity index (χ3v) is 3.96. The van der Waals surface area contributed by atoms with E-state index < -0.39 is 0 Å². The fourth-order valence-electron chi connectivity index (χ4n) is 2.24. The molecular formula is C18H19BrO. The maximum atomic E-state index is 12.5. The Labute approximate surface area is 129 Å². The third-order valence-electron chi connectivity index (χ3n) is 3.47. The molecule has 0 amide bonds. The minimum absolute atomic E-state index is 0.0945. The van der Waals surface area contributed by atoms with Gasteiger partial charge in [-0.2, -0.15) is 0 Å². The molecule has 104 valence electrons. The number of hydrogen-bond donors (Lipinski definition) is 0. The van der Waals surface area contributed by atoms with E-state index in [0.29, 0.717) is 0 Å². The van der Waals surface area contributed by atoms with Gasteiger partial charge in [-0.15, -0.1) is 0 Å². The van der Waals surface area contributed by atoms with Crippen molar-refractivity contribution in [3.05, 3.63) is 69.2 Å². The summed E-state index contributed by atoms with van der Waals surface area (Å²) in [4.78, 5) is 12.5. The van der Waals surface area contributed by atoms with Gasteiger partial charge >= 0.3 is 0 Å². The predicted octanol–water partition coefficient (Wildman–Crippen LogP) is 5.33. The minimum Gasteiger partial charge on any atom is -0.289 e. The molecule has 0 aliphatic rings. The summed E-state index contributed by atoms with van der Waals surface area (Å²) in [6, 6.07) is 13.8. The van der Waals surface area contributed by atoms with Gasteiger partial charge < -0.3 is 0 Å². The van der Waals surface area contributed by atoms with Gasteiger partial charge in [-0.05, 0) is 49.1 Å². The van der Waals surface area contributed by atoms with Crippen molar-refractivity contribution in [3.63, 3.8) is 0 Å². The monoisotopic (exact) mass is 330 g/mol. The van der Waals surface area contributed by atoms with Crippen LogP contribution in [0.25, 0.3) is 0 Å². The Morgan fingerprint density at radius 3 is 2.40 bits per heavy atom. The molecule has 0 bridgehead atoms. The average molecular weight is 331 g/mol. The number of carbonyl (C=O) groups excluding carboxylic acids is 1. The van der Waals surface area contributed by atoms with Gasteiger partial charge in [0.1, 0.15) is 0 Å². The molecule has 0 fully saturated rings. The standard InChI is InChI=1S/C18H19BrO/c1-3-4-5-14-6-8-15(9-7-14)18(20)17-11-10-16(19)12-13(17)2/h6-12H,3-5H2,1-2H3. The van der Waals surface area contributed by atoms with E-state index in [-0.39, 0.29) is 5.78 Å². The lowest BCUT2D eigenvalue weighted by atomic mass is 9.97. The molecule has 0 unspecified atom stereocenters. The van der Waals surface area contributed by atoms with Crippen LogP contribution in [-0.2, 0) is 6.42 Å². The summed E-state index contributed by atoms with van der Waals surface area (Å²) in [7, 11) is 0. The molecule has 2 rings (SSSR count). The number of hydrogen-bond acceptors (Lipinski definition) is 1. The van der Waals surface area contributed by atoms with Crippen LogP contribution < -0.4 is 0 Å². The summed E-state index contributed by atoms with van der Waals surface area (Å²) in [6.07, 6.45) is 3.47. The zero-order valence-corrected chi connectivity index (χ0v) is 13.5. The largest absolute Gasteiger partial charge is 0.289 e. The van der Waals surface area contributed by atoms with Crippen molar-refractivity contribution in [3.8, 4) is 0 Å². The van der Waals surface area contributed by atoms with Gasteiger partial charge in [-0.3, -0.25) is 4.79 Å². The maximum Gasteiger partial charge on any atom is 0.193 e. The average Bonchev–Trinajstić information content (AvgIpc) is 2.45. The Balaban J connectivity index is 2.20. The van der Waals surface area contributed by atoms with Gasteiger partial charge in [0.15, 0.2) is 5.78 Å². The number of halogens is 1. The molecule has 20 heavy (non-hydrogen) atoms. The molecule has 0 aromatic heterocycles. The van der Waals surface area contributed by atoms with Gasteiger partial charge in [0, 0.05) is 15.6 Å². The highest BCUT2D eigenvalue weighted by Crippen LogP contribution is 2.19. The molecule has 2 heteroatoms. The van der Waals surface area contributed by atoms with E-state index in [1.54, 1.807) is 0 Å². The van der Waals surface area contributed by atoms with Gasteiger partial charge in [0.05, 0.1) is 0 Å². The van der Waals surface area contributed by atoms with Crippen molar-refractivity contribution >= 4 is 21.7 Å². The van der Waals surface area contributed by atoms with Crippen molar-refractivity contribution in [1.82, 2.24) is 0 Å². The summed E-state index contributed by atoms with van der Waals surface area (Å²) in [5, 5.41) is 0. The van der Waals surface area contributed by atoms with E-state index >= 15 is 0 Å². The number of unbranched alkanes of at least 4 members (excludes halogenated alkanes) is 1. The first-order valence-corrected chi connectivity index (χ1v) is 7.81. The number of rotatable bonds is 5. The van der Waals surface area contributed by atoms with E-state index in [4.69, 9.17) is 0 Å². The summed E-state index contributed by atoms with van der Waals surface area (Å²) in [5.41, 5.74) is 3.83. The van der Waals surface area contributed by atoms with Crippen LogP contribution in [0.4, 0.5) is 0 Å². The molecule has 0 saturated heterocycles. The first-order chi connectivity index (χ1) is 9.61. The molecule has 0 aliphatic carbocycles. The SMILES string of the molecule is CCCCc1ccc(C(=O)c2ccc(Br)cc2C)cc1. The fraction of sp³-hybridized carbons (Fsp3) is 0.278. The molecule has 0 saturated carbocycles. The summed E-state index contributed by atoms with van der Waals surface area (Å²) in [6.45, 7) is 4.15. The zero-order chi connectivity index (χ0) is 14.5. The van der Waals surface area contributed by atoms with Gasteiger partial charge in [0.2, 0.25) is 0 Å². The van der Waals surface area contributed by atoms with Gasteiger partial charge in [-0.25, -0.2) is 0 Å². The normalized spacial score (nSPS) is 10.6. The number of carbonyl (C=O) groups is 1. The summed E-state index contributed by atoms with van der Waals surface area (Å²) < 4.78 is 1.00. The van der Waals surface area contributed by atoms with Crippen molar-refractivity contribution < 1.29 is 4.79 Å². The second kappa shape index (κ2) is 6.85. The highest BCUT2D eigenvalue weighted by molar-refractivity contribution is 9.10. The molecule has 0 radical (unpaired) electrons.